The lowest BCUT2D eigenvalue weighted by atomic mass is 10.1. The number of para-hydroxylation sites is 2. The Morgan fingerprint density at radius 1 is 1.00 bits per heavy atom. The van der Waals surface area contributed by atoms with E-state index in [0.29, 0.717) is 44.1 Å². The molecule has 0 N–H and O–H groups in total. The molecule has 160 valence electrons. The SMILES string of the molecule is Cc1ccc2c(CC(=O)N3CCN(C(=O)C4COc5ccccc5O4)CC3)coc2c1. The van der Waals surface area contributed by atoms with Crippen molar-refractivity contribution in [2.45, 2.75) is 19.4 Å². The van der Waals surface area contributed by atoms with Crippen LogP contribution < -0.4 is 9.47 Å². The molecule has 5 rings (SSSR count). The van der Waals surface area contributed by atoms with Gasteiger partial charge in [-0.2, -0.15) is 0 Å². The summed E-state index contributed by atoms with van der Waals surface area (Å²) in [7, 11) is 0. The zero-order valence-electron chi connectivity index (χ0n) is 17.4. The second-order valence-corrected chi connectivity index (χ2v) is 8.01. The fraction of sp³-hybridized carbons (Fsp3) is 0.333. The first-order chi connectivity index (χ1) is 15.1. The van der Waals surface area contributed by atoms with E-state index < -0.39 is 6.10 Å². The van der Waals surface area contributed by atoms with Gasteiger partial charge in [-0.3, -0.25) is 9.59 Å². The number of carbonyl (C=O) groups excluding carboxylic acids is 2. The van der Waals surface area contributed by atoms with Gasteiger partial charge in [-0.25, -0.2) is 0 Å². The largest absolute Gasteiger partial charge is 0.485 e. The van der Waals surface area contributed by atoms with E-state index in [2.05, 4.69) is 0 Å². The third kappa shape index (κ3) is 3.83. The third-order valence-corrected chi connectivity index (χ3v) is 5.88. The minimum atomic E-state index is -0.655. The highest BCUT2D eigenvalue weighted by atomic mass is 16.6. The molecule has 1 atom stereocenters. The van der Waals surface area contributed by atoms with Gasteiger partial charge in [-0.1, -0.05) is 24.3 Å². The Labute approximate surface area is 180 Å². The van der Waals surface area contributed by atoms with E-state index >= 15 is 0 Å². The molecule has 0 bridgehead atoms. The molecule has 2 amide bonds. The van der Waals surface area contributed by atoms with E-state index in [1.165, 1.54) is 0 Å². The molecule has 3 heterocycles. The summed E-state index contributed by atoms with van der Waals surface area (Å²) in [4.78, 5) is 29.3. The van der Waals surface area contributed by atoms with Crippen LogP contribution in [0.4, 0.5) is 0 Å². The highest BCUT2D eigenvalue weighted by Crippen LogP contribution is 2.31. The molecular formula is C24H24N2O5. The molecule has 1 aromatic heterocycles. The van der Waals surface area contributed by atoms with Crippen LogP contribution in [0.25, 0.3) is 11.0 Å². The first kappa shape index (κ1) is 19.5. The Hall–Kier alpha value is -3.48. The van der Waals surface area contributed by atoms with Crippen LogP contribution in [-0.4, -0.2) is 60.5 Å². The van der Waals surface area contributed by atoms with E-state index in [4.69, 9.17) is 13.9 Å². The average Bonchev–Trinajstić information content (AvgIpc) is 3.19. The van der Waals surface area contributed by atoms with Gasteiger partial charge in [0.2, 0.25) is 12.0 Å². The van der Waals surface area contributed by atoms with E-state index in [-0.39, 0.29) is 18.4 Å². The Morgan fingerprint density at radius 3 is 2.55 bits per heavy atom. The van der Waals surface area contributed by atoms with Gasteiger partial charge in [0.1, 0.15) is 12.2 Å². The molecule has 0 aliphatic carbocycles. The van der Waals surface area contributed by atoms with Crippen molar-refractivity contribution in [2.75, 3.05) is 32.8 Å². The molecular weight excluding hydrogens is 396 g/mol. The van der Waals surface area contributed by atoms with Crippen molar-refractivity contribution in [3.05, 3.63) is 59.9 Å². The zero-order valence-corrected chi connectivity index (χ0v) is 17.4. The summed E-state index contributed by atoms with van der Waals surface area (Å²) < 4.78 is 17.1. The number of carbonyl (C=O) groups is 2. The number of amides is 2. The number of furan rings is 1. The highest BCUT2D eigenvalue weighted by Gasteiger charge is 2.33. The smallest absolute Gasteiger partial charge is 0.267 e. The number of fused-ring (bicyclic) bond motifs is 2. The quantitative estimate of drug-likeness (QED) is 0.652. The summed E-state index contributed by atoms with van der Waals surface area (Å²) in [5.41, 5.74) is 2.82. The molecule has 3 aromatic rings. The maximum Gasteiger partial charge on any atom is 0.267 e. The van der Waals surface area contributed by atoms with Gasteiger partial charge in [0.25, 0.3) is 5.91 Å². The molecule has 1 unspecified atom stereocenters. The zero-order chi connectivity index (χ0) is 21.4. The molecule has 1 fully saturated rings. The van der Waals surface area contributed by atoms with Crippen LogP contribution in [0.3, 0.4) is 0 Å². The molecule has 0 radical (unpaired) electrons. The van der Waals surface area contributed by atoms with Gasteiger partial charge >= 0.3 is 0 Å². The Morgan fingerprint density at radius 2 is 1.74 bits per heavy atom. The molecule has 7 nitrogen and oxygen atoms in total. The number of rotatable bonds is 3. The average molecular weight is 420 g/mol. The van der Waals surface area contributed by atoms with Gasteiger partial charge in [-0.05, 0) is 30.7 Å². The number of hydrogen-bond donors (Lipinski definition) is 0. The standard InChI is InChI=1S/C24H24N2O5/c1-16-6-7-18-17(14-29-21(18)12-16)13-23(27)25-8-10-26(11-9-25)24(28)22-15-30-19-4-2-3-5-20(19)31-22/h2-7,12,14,22H,8-11,13,15H2,1H3. The lowest BCUT2D eigenvalue weighted by Gasteiger charge is -2.37. The van der Waals surface area contributed by atoms with Crippen molar-refractivity contribution in [3.8, 4) is 11.5 Å². The van der Waals surface area contributed by atoms with Crippen LogP contribution in [0.5, 0.6) is 11.5 Å². The number of aryl methyl sites for hydroxylation is 1. The highest BCUT2D eigenvalue weighted by molar-refractivity contribution is 5.88. The summed E-state index contributed by atoms with van der Waals surface area (Å²) in [5, 5.41) is 0.975. The number of hydrogen-bond acceptors (Lipinski definition) is 5. The van der Waals surface area contributed by atoms with E-state index in [1.54, 1.807) is 17.2 Å². The van der Waals surface area contributed by atoms with Crippen molar-refractivity contribution in [2.24, 2.45) is 0 Å². The van der Waals surface area contributed by atoms with Crippen LogP contribution in [0, 0.1) is 6.92 Å². The minimum Gasteiger partial charge on any atom is -0.485 e. The monoisotopic (exact) mass is 420 g/mol. The minimum absolute atomic E-state index is 0.0431. The number of nitrogens with zero attached hydrogens (tertiary/aromatic N) is 2. The lowest BCUT2D eigenvalue weighted by Crippen LogP contribution is -2.55. The van der Waals surface area contributed by atoms with Gasteiger partial charge in [0, 0.05) is 37.1 Å². The van der Waals surface area contributed by atoms with Crippen LogP contribution in [0.1, 0.15) is 11.1 Å². The molecule has 0 spiro atoms. The Balaban J connectivity index is 1.17. The summed E-state index contributed by atoms with van der Waals surface area (Å²) in [6, 6.07) is 13.3. The fourth-order valence-electron chi connectivity index (χ4n) is 4.12. The molecule has 0 saturated carbocycles. The maximum atomic E-state index is 12.9. The molecule has 2 aliphatic rings. The van der Waals surface area contributed by atoms with E-state index in [0.717, 1.165) is 22.1 Å². The second kappa shape index (κ2) is 7.98. The Bertz CT molecular complexity index is 1130. The van der Waals surface area contributed by atoms with Crippen molar-refractivity contribution in [3.63, 3.8) is 0 Å². The summed E-state index contributed by atoms with van der Waals surface area (Å²) in [6.45, 7) is 4.18. The molecule has 31 heavy (non-hydrogen) atoms. The molecule has 1 saturated heterocycles. The van der Waals surface area contributed by atoms with Crippen molar-refractivity contribution >= 4 is 22.8 Å². The Kier molecular flexibility index (Phi) is 5.02. The summed E-state index contributed by atoms with van der Waals surface area (Å²) in [6.07, 6.45) is 1.30. The van der Waals surface area contributed by atoms with Crippen LogP contribution in [-0.2, 0) is 16.0 Å². The number of benzene rings is 2. The van der Waals surface area contributed by atoms with Gasteiger partial charge in [0.15, 0.2) is 11.5 Å². The molecule has 2 aliphatic heterocycles. The maximum absolute atomic E-state index is 12.9. The van der Waals surface area contributed by atoms with Gasteiger partial charge in [0.05, 0.1) is 12.7 Å². The normalized spacial score (nSPS) is 18.3. The molecule has 7 heteroatoms. The van der Waals surface area contributed by atoms with Gasteiger partial charge in [-0.15, -0.1) is 0 Å². The third-order valence-electron chi connectivity index (χ3n) is 5.88. The van der Waals surface area contributed by atoms with Gasteiger partial charge < -0.3 is 23.7 Å². The summed E-state index contributed by atoms with van der Waals surface area (Å²) >= 11 is 0. The van der Waals surface area contributed by atoms with Crippen LogP contribution >= 0.6 is 0 Å². The van der Waals surface area contributed by atoms with Crippen molar-refractivity contribution in [1.82, 2.24) is 9.80 Å². The predicted molar refractivity (Wildman–Crippen MR) is 114 cm³/mol. The molecule has 2 aromatic carbocycles. The van der Waals surface area contributed by atoms with E-state index in [9.17, 15) is 9.59 Å². The number of piperazine rings is 1. The first-order valence-corrected chi connectivity index (χ1v) is 10.5. The fourth-order valence-corrected chi connectivity index (χ4v) is 4.12. The van der Waals surface area contributed by atoms with Crippen molar-refractivity contribution < 1.29 is 23.5 Å². The second-order valence-electron chi connectivity index (χ2n) is 8.01. The van der Waals surface area contributed by atoms with Crippen molar-refractivity contribution in [1.29, 1.82) is 0 Å². The topological polar surface area (TPSA) is 72.2 Å². The summed E-state index contributed by atoms with van der Waals surface area (Å²) in [5.74, 6) is 1.19. The van der Waals surface area contributed by atoms with Crippen LogP contribution in [0.15, 0.2) is 53.1 Å². The van der Waals surface area contributed by atoms with E-state index in [1.807, 2.05) is 48.2 Å². The number of ether oxygens (including phenoxy) is 2. The van der Waals surface area contributed by atoms with Crippen LogP contribution in [0.2, 0.25) is 0 Å². The predicted octanol–water partition coefficient (Wildman–Crippen LogP) is 2.79. The lowest BCUT2D eigenvalue weighted by molar-refractivity contribution is -0.146. The first-order valence-electron chi connectivity index (χ1n) is 10.5.